The van der Waals surface area contributed by atoms with Crippen LogP contribution in [0.1, 0.15) is 51.5 Å². The Morgan fingerprint density at radius 1 is 1.47 bits per heavy atom. The minimum absolute atomic E-state index is 0.445. The van der Waals surface area contributed by atoms with Crippen LogP contribution in [0.3, 0.4) is 0 Å². The van der Waals surface area contributed by atoms with Gasteiger partial charge >= 0.3 is 0 Å². The molecule has 2 atom stereocenters. The molecule has 0 amide bonds. The molecule has 3 nitrogen and oxygen atoms in total. The molecule has 1 aliphatic carbocycles. The van der Waals surface area contributed by atoms with Crippen LogP contribution in [0.15, 0.2) is 29.3 Å². The van der Waals surface area contributed by atoms with E-state index in [2.05, 4.69) is 49.3 Å². The van der Waals surface area contributed by atoms with Crippen molar-refractivity contribution in [3.63, 3.8) is 0 Å². The third-order valence-corrected chi connectivity index (χ3v) is 3.68. The van der Waals surface area contributed by atoms with Crippen LogP contribution in [0, 0.1) is 5.92 Å². The van der Waals surface area contributed by atoms with Gasteiger partial charge in [0, 0.05) is 5.69 Å². The van der Waals surface area contributed by atoms with Gasteiger partial charge in [0.2, 0.25) is 0 Å². The number of guanidine groups is 1. The minimum Gasteiger partial charge on any atom is -0.370 e. The van der Waals surface area contributed by atoms with E-state index in [9.17, 15) is 0 Å². The smallest absolute Gasteiger partial charge is 0.193 e. The van der Waals surface area contributed by atoms with Crippen LogP contribution in [-0.2, 0) is 0 Å². The van der Waals surface area contributed by atoms with Gasteiger partial charge in [0.25, 0.3) is 0 Å². The maximum Gasteiger partial charge on any atom is 0.193 e. The number of nitrogens with one attached hydrogen (secondary N) is 1. The van der Waals surface area contributed by atoms with Crippen LogP contribution in [0.4, 0.5) is 5.69 Å². The van der Waals surface area contributed by atoms with Gasteiger partial charge in [0.1, 0.15) is 0 Å². The Bertz CT molecular complexity index is 451. The van der Waals surface area contributed by atoms with Gasteiger partial charge in [-0.05, 0) is 42.4 Å². The number of nitrogens with two attached hydrogens (primary N) is 1. The van der Waals surface area contributed by atoms with Crippen LogP contribution in [-0.4, -0.2) is 12.0 Å². The molecule has 1 saturated carbocycles. The summed E-state index contributed by atoms with van der Waals surface area (Å²) in [7, 11) is 0. The molecule has 3 N–H and O–H groups in total. The predicted octanol–water partition coefficient (Wildman–Crippen LogP) is 3.73. The molecule has 0 aromatic heterocycles. The highest BCUT2D eigenvalue weighted by atomic mass is 15.1. The summed E-state index contributed by atoms with van der Waals surface area (Å²) in [5.74, 6) is 1.83. The van der Waals surface area contributed by atoms with E-state index in [1.807, 2.05) is 6.07 Å². The SMILES string of the molecule is CCCC1CC1N=C(N)Nc1cccc(C(C)C)c1. The van der Waals surface area contributed by atoms with Gasteiger partial charge in [-0.2, -0.15) is 0 Å². The summed E-state index contributed by atoms with van der Waals surface area (Å²) in [5, 5.41) is 3.20. The molecule has 1 aromatic rings. The molecule has 0 heterocycles. The molecule has 1 aromatic carbocycles. The van der Waals surface area contributed by atoms with Gasteiger partial charge < -0.3 is 11.1 Å². The fraction of sp³-hybridized carbons (Fsp3) is 0.562. The van der Waals surface area contributed by atoms with Gasteiger partial charge in [-0.3, -0.25) is 0 Å². The zero-order valence-corrected chi connectivity index (χ0v) is 12.2. The topological polar surface area (TPSA) is 50.4 Å². The number of nitrogens with zero attached hydrogens (tertiary/aromatic N) is 1. The lowest BCUT2D eigenvalue weighted by atomic mass is 10.0. The molecule has 0 radical (unpaired) electrons. The van der Waals surface area contributed by atoms with E-state index in [1.54, 1.807) is 0 Å². The number of benzene rings is 1. The average molecular weight is 259 g/mol. The second-order valence-corrected chi connectivity index (χ2v) is 5.77. The highest BCUT2D eigenvalue weighted by Crippen LogP contribution is 2.37. The van der Waals surface area contributed by atoms with E-state index in [0.29, 0.717) is 17.9 Å². The Kier molecular flexibility index (Phi) is 4.46. The van der Waals surface area contributed by atoms with Gasteiger partial charge in [-0.25, -0.2) is 4.99 Å². The first-order valence-electron chi connectivity index (χ1n) is 7.30. The van der Waals surface area contributed by atoms with Crippen LogP contribution in [0.2, 0.25) is 0 Å². The largest absolute Gasteiger partial charge is 0.370 e. The summed E-state index contributed by atoms with van der Waals surface area (Å²) in [5.41, 5.74) is 8.31. The number of hydrogen-bond acceptors (Lipinski definition) is 1. The van der Waals surface area contributed by atoms with E-state index >= 15 is 0 Å². The summed E-state index contributed by atoms with van der Waals surface area (Å²) in [4.78, 5) is 4.54. The summed E-state index contributed by atoms with van der Waals surface area (Å²) in [6.45, 7) is 6.60. The van der Waals surface area contributed by atoms with Crippen molar-refractivity contribution < 1.29 is 0 Å². The first-order chi connectivity index (χ1) is 9.10. The molecule has 1 fully saturated rings. The van der Waals surface area contributed by atoms with Crippen LogP contribution in [0.25, 0.3) is 0 Å². The Hall–Kier alpha value is -1.51. The molecule has 0 bridgehead atoms. The lowest BCUT2D eigenvalue weighted by Crippen LogP contribution is -2.23. The number of aliphatic imine (C=N–C) groups is 1. The predicted molar refractivity (Wildman–Crippen MR) is 82.6 cm³/mol. The molecular weight excluding hydrogens is 234 g/mol. The summed E-state index contributed by atoms with van der Waals surface area (Å²) in [6.07, 6.45) is 3.70. The summed E-state index contributed by atoms with van der Waals surface area (Å²) in [6, 6.07) is 8.82. The summed E-state index contributed by atoms with van der Waals surface area (Å²) < 4.78 is 0. The third kappa shape index (κ3) is 3.98. The molecule has 1 aliphatic rings. The zero-order chi connectivity index (χ0) is 13.8. The monoisotopic (exact) mass is 259 g/mol. The molecular formula is C16H25N3. The van der Waals surface area contributed by atoms with Gasteiger partial charge in [-0.15, -0.1) is 0 Å². The summed E-state index contributed by atoms with van der Waals surface area (Å²) >= 11 is 0. The Labute approximate surface area is 116 Å². The molecule has 0 aliphatic heterocycles. The van der Waals surface area contributed by atoms with Crippen molar-refractivity contribution in [2.24, 2.45) is 16.6 Å². The molecule has 2 rings (SSSR count). The van der Waals surface area contributed by atoms with E-state index in [0.717, 1.165) is 11.6 Å². The van der Waals surface area contributed by atoms with Crippen LogP contribution in [0.5, 0.6) is 0 Å². The van der Waals surface area contributed by atoms with Gasteiger partial charge in [0.05, 0.1) is 6.04 Å². The Morgan fingerprint density at radius 3 is 2.95 bits per heavy atom. The Morgan fingerprint density at radius 2 is 2.26 bits per heavy atom. The van der Waals surface area contributed by atoms with Gasteiger partial charge in [-0.1, -0.05) is 39.3 Å². The second kappa shape index (κ2) is 6.09. The average Bonchev–Trinajstić information content (AvgIpc) is 3.07. The van der Waals surface area contributed by atoms with Crippen molar-refractivity contribution in [2.75, 3.05) is 5.32 Å². The fourth-order valence-electron chi connectivity index (χ4n) is 2.41. The quantitative estimate of drug-likeness (QED) is 0.625. The number of hydrogen-bond donors (Lipinski definition) is 2. The molecule has 3 heteroatoms. The van der Waals surface area contributed by atoms with Crippen molar-refractivity contribution in [3.05, 3.63) is 29.8 Å². The molecule has 2 unspecified atom stereocenters. The van der Waals surface area contributed by atoms with Crippen molar-refractivity contribution in [1.82, 2.24) is 0 Å². The van der Waals surface area contributed by atoms with Crippen molar-refractivity contribution in [2.45, 2.75) is 52.0 Å². The normalized spacial score (nSPS) is 22.6. The van der Waals surface area contributed by atoms with Gasteiger partial charge in [0.15, 0.2) is 5.96 Å². The van der Waals surface area contributed by atoms with E-state index in [-0.39, 0.29) is 0 Å². The van der Waals surface area contributed by atoms with Crippen LogP contribution >= 0.6 is 0 Å². The van der Waals surface area contributed by atoms with Crippen molar-refractivity contribution in [1.29, 1.82) is 0 Å². The second-order valence-electron chi connectivity index (χ2n) is 5.77. The lowest BCUT2D eigenvalue weighted by Gasteiger charge is -2.09. The van der Waals surface area contributed by atoms with E-state index in [1.165, 1.54) is 24.8 Å². The first kappa shape index (κ1) is 13.9. The number of rotatable bonds is 5. The molecule has 104 valence electrons. The zero-order valence-electron chi connectivity index (χ0n) is 12.2. The van der Waals surface area contributed by atoms with E-state index < -0.39 is 0 Å². The van der Waals surface area contributed by atoms with Crippen molar-refractivity contribution in [3.8, 4) is 0 Å². The highest BCUT2D eigenvalue weighted by molar-refractivity contribution is 5.92. The van der Waals surface area contributed by atoms with Crippen molar-refractivity contribution >= 4 is 11.6 Å². The highest BCUT2D eigenvalue weighted by Gasteiger charge is 2.35. The standard InChI is InChI=1S/C16H25N3/c1-4-6-13-10-15(13)19-16(17)18-14-8-5-7-12(9-14)11(2)3/h5,7-9,11,13,15H,4,6,10H2,1-3H3,(H3,17,18,19). The minimum atomic E-state index is 0.445. The molecule has 19 heavy (non-hydrogen) atoms. The first-order valence-corrected chi connectivity index (χ1v) is 7.30. The Balaban J connectivity index is 1.94. The number of anilines is 1. The third-order valence-electron chi connectivity index (χ3n) is 3.68. The maximum absolute atomic E-state index is 5.97. The fourth-order valence-corrected chi connectivity index (χ4v) is 2.41. The van der Waals surface area contributed by atoms with E-state index in [4.69, 9.17) is 5.73 Å². The maximum atomic E-state index is 5.97. The molecule has 0 saturated heterocycles. The lowest BCUT2D eigenvalue weighted by molar-refractivity contribution is 0.683. The molecule has 0 spiro atoms. The van der Waals surface area contributed by atoms with Crippen LogP contribution < -0.4 is 11.1 Å².